The molecule has 2 fully saturated rings. The number of hydrogen-bond acceptors (Lipinski definition) is 6. The van der Waals surface area contributed by atoms with Gasteiger partial charge in [-0.05, 0) is 43.5 Å². The Kier molecular flexibility index (Phi) is 7.50. The molecule has 0 radical (unpaired) electrons. The normalized spacial score (nSPS) is 16.5. The highest BCUT2D eigenvalue weighted by atomic mass is 32.1. The lowest BCUT2D eigenvalue weighted by atomic mass is 9.98. The molecule has 5 rings (SSSR count). The predicted molar refractivity (Wildman–Crippen MR) is 148 cm³/mol. The summed E-state index contributed by atoms with van der Waals surface area (Å²) >= 11 is 1.53. The lowest BCUT2D eigenvalue weighted by Crippen LogP contribution is -2.54. The zero-order valence-electron chi connectivity index (χ0n) is 21.1. The number of urea groups is 1. The number of nitrogens with one attached hydrogen (secondary N) is 1. The molecule has 3 amide bonds. The zero-order valence-corrected chi connectivity index (χ0v) is 21.9. The molecule has 2 aliphatic rings. The van der Waals surface area contributed by atoms with E-state index < -0.39 is 0 Å². The van der Waals surface area contributed by atoms with Crippen LogP contribution in [0.1, 0.15) is 46.7 Å². The minimum absolute atomic E-state index is 0.120. The Morgan fingerprint density at radius 2 is 1.68 bits per heavy atom. The fourth-order valence-electron chi connectivity index (χ4n) is 4.92. The first-order valence-corrected chi connectivity index (χ1v) is 13.6. The topological polar surface area (TPSA) is 81.7 Å². The van der Waals surface area contributed by atoms with E-state index in [-0.39, 0.29) is 17.9 Å². The molecule has 2 aromatic heterocycles. The van der Waals surface area contributed by atoms with Crippen molar-refractivity contribution in [1.82, 2.24) is 19.8 Å². The summed E-state index contributed by atoms with van der Waals surface area (Å²) in [6.07, 6.45) is 3.51. The van der Waals surface area contributed by atoms with Crippen molar-refractivity contribution in [2.24, 2.45) is 0 Å². The van der Waals surface area contributed by atoms with Gasteiger partial charge < -0.3 is 20.0 Å². The van der Waals surface area contributed by atoms with E-state index in [0.717, 1.165) is 53.6 Å². The van der Waals surface area contributed by atoms with Crippen molar-refractivity contribution in [3.63, 3.8) is 0 Å². The number of amides is 3. The first kappa shape index (κ1) is 25.0. The Bertz CT molecular complexity index is 1260. The number of likely N-dealkylation sites (tertiary alicyclic amines) is 1. The molecule has 0 saturated carbocycles. The average Bonchev–Trinajstić information content (AvgIpc) is 3.44. The molecule has 1 aromatic carbocycles. The van der Waals surface area contributed by atoms with Crippen molar-refractivity contribution in [3.05, 3.63) is 76.9 Å². The van der Waals surface area contributed by atoms with E-state index in [0.29, 0.717) is 31.9 Å². The largest absolute Gasteiger partial charge is 0.353 e. The molecule has 4 heterocycles. The van der Waals surface area contributed by atoms with Gasteiger partial charge in [0, 0.05) is 68.0 Å². The number of nitrogens with zero attached hydrogens (tertiary/aromatic N) is 5. The summed E-state index contributed by atoms with van der Waals surface area (Å²) in [6, 6.07) is 13.7. The Morgan fingerprint density at radius 1 is 0.973 bits per heavy atom. The smallest absolute Gasteiger partial charge is 0.320 e. The Labute approximate surface area is 221 Å². The number of allylic oxidation sites excluding steroid dienone is 1. The van der Waals surface area contributed by atoms with Crippen LogP contribution in [-0.2, 0) is 0 Å². The number of piperazine rings is 1. The number of carbonyl (C=O) groups is 2. The van der Waals surface area contributed by atoms with E-state index in [4.69, 9.17) is 0 Å². The van der Waals surface area contributed by atoms with Crippen LogP contribution in [0.2, 0.25) is 0 Å². The van der Waals surface area contributed by atoms with Gasteiger partial charge in [-0.15, -0.1) is 11.3 Å². The second kappa shape index (κ2) is 11.1. The molecule has 8 nitrogen and oxygen atoms in total. The van der Waals surface area contributed by atoms with Crippen LogP contribution in [0.5, 0.6) is 0 Å². The van der Waals surface area contributed by atoms with Gasteiger partial charge >= 0.3 is 6.03 Å². The summed E-state index contributed by atoms with van der Waals surface area (Å²) < 4.78 is 0. The van der Waals surface area contributed by atoms with Crippen molar-refractivity contribution >= 4 is 40.4 Å². The van der Waals surface area contributed by atoms with Gasteiger partial charge in [-0.1, -0.05) is 30.8 Å². The minimum atomic E-state index is -0.214. The molecule has 1 N–H and O–H groups in total. The second-order valence-electron chi connectivity index (χ2n) is 9.56. The fraction of sp³-hybridized carbons (Fsp3) is 0.357. The summed E-state index contributed by atoms with van der Waals surface area (Å²) in [5, 5.41) is 5.77. The van der Waals surface area contributed by atoms with Crippen molar-refractivity contribution in [3.8, 4) is 0 Å². The number of carbonyl (C=O) groups excluding carboxylic acids is 2. The maximum atomic E-state index is 13.1. The number of thiazole rings is 1. The number of aromatic nitrogens is 2. The van der Waals surface area contributed by atoms with E-state index in [1.165, 1.54) is 11.3 Å². The predicted octanol–water partition coefficient (Wildman–Crippen LogP) is 4.95. The number of hydrogen-bond donors (Lipinski definition) is 1. The maximum absolute atomic E-state index is 13.1. The second-order valence-corrected chi connectivity index (χ2v) is 10.4. The van der Waals surface area contributed by atoms with E-state index in [1.54, 1.807) is 6.20 Å². The number of pyridine rings is 1. The Balaban J connectivity index is 1.12. The van der Waals surface area contributed by atoms with Crippen LogP contribution < -0.4 is 10.2 Å². The van der Waals surface area contributed by atoms with Crippen molar-refractivity contribution in [2.75, 3.05) is 49.5 Å². The van der Waals surface area contributed by atoms with Crippen molar-refractivity contribution in [2.45, 2.75) is 25.7 Å². The van der Waals surface area contributed by atoms with Crippen LogP contribution in [0.25, 0.3) is 5.57 Å². The van der Waals surface area contributed by atoms with Crippen LogP contribution in [0.4, 0.5) is 16.3 Å². The standard InChI is InChI=1S/C28H32N6O2S/c1-20(2)22-7-3-4-8-23(22)30-26(35)24-19-37-27(31-24)21-10-13-33(14-11-21)28(36)34-17-15-32(16-18-34)25-9-5-6-12-29-25/h3-9,12,19,21H,1,10-11,13-18H2,2H3,(H,30,35). The number of rotatable bonds is 5. The minimum Gasteiger partial charge on any atom is -0.353 e. The third-order valence-electron chi connectivity index (χ3n) is 7.03. The van der Waals surface area contributed by atoms with E-state index in [9.17, 15) is 9.59 Å². The molecule has 0 aliphatic carbocycles. The first-order chi connectivity index (χ1) is 18.0. The van der Waals surface area contributed by atoms with Crippen LogP contribution in [0, 0.1) is 0 Å². The van der Waals surface area contributed by atoms with E-state index in [2.05, 4.69) is 26.8 Å². The van der Waals surface area contributed by atoms with Crippen molar-refractivity contribution < 1.29 is 9.59 Å². The summed E-state index contributed by atoms with van der Waals surface area (Å²) in [7, 11) is 0. The van der Waals surface area contributed by atoms with Gasteiger partial charge in [0.2, 0.25) is 0 Å². The molecular formula is C28H32N6O2S. The molecular weight excluding hydrogens is 484 g/mol. The van der Waals surface area contributed by atoms with Crippen LogP contribution in [0.15, 0.2) is 60.6 Å². The third-order valence-corrected chi connectivity index (χ3v) is 8.04. The van der Waals surface area contributed by atoms with Crippen LogP contribution in [-0.4, -0.2) is 71.0 Å². The van der Waals surface area contributed by atoms with Gasteiger partial charge in [-0.25, -0.2) is 14.8 Å². The summed E-state index contributed by atoms with van der Waals surface area (Å²) in [5.74, 6) is 1.01. The Hall–Kier alpha value is -3.72. The van der Waals surface area contributed by atoms with Gasteiger partial charge in [-0.3, -0.25) is 4.79 Å². The SMILES string of the molecule is C=C(C)c1ccccc1NC(=O)c1csc(C2CCN(C(=O)N3CCN(c4ccccn4)CC3)CC2)n1. The van der Waals surface area contributed by atoms with Gasteiger partial charge in [0.25, 0.3) is 5.91 Å². The lowest BCUT2D eigenvalue weighted by molar-refractivity contribution is 0.102. The molecule has 2 saturated heterocycles. The fourth-order valence-corrected chi connectivity index (χ4v) is 5.89. The maximum Gasteiger partial charge on any atom is 0.320 e. The molecule has 0 atom stereocenters. The zero-order chi connectivity index (χ0) is 25.8. The van der Waals surface area contributed by atoms with Crippen LogP contribution >= 0.6 is 11.3 Å². The molecule has 3 aromatic rings. The molecule has 37 heavy (non-hydrogen) atoms. The number of para-hydroxylation sites is 1. The number of piperidine rings is 1. The highest BCUT2D eigenvalue weighted by Crippen LogP contribution is 2.31. The van der Waals surface area contributed by atoms with Gasteiger partial charge in [0.15, 0.2) is 0 Å². The highest BCUT2D eigenvalue weighted by molar-refractivity contribution is 7.10. The van der Waals surface area contributed by atoms with E-state index >= 15 is 0 Å². The summed E-state index contributed by atoms with van der Waals surface area (Å²) in [6.45, 7) is 10.3. The highest BCUT2D eigenvalue weighted by Gasteiger charge is 2.30. The molecule has 0 spiro atoms. The number of benzene rings is 1. The van der Waals surface area contributed by atoms with Crippen molar-refractivity contribution in [1.29, 1.82) is 0 Å². The third kappa shape index (κ3) is 5.67. The summed E-state index contributed by atoms with van der Waals surface area (Å²) in [5.41, 5.74) is 2.98. The molecule has 0 bridgehead atoms. The molecule has 0 unspecified atom stereocenters. The average molecular weight is 517 g/mol. The van der Waals surface area contributed by atoms with E-state index in [1.807, 2.05) is 64.6 Å². The lowest BCUT2D eigenvalue weighted by Gasteiger charge is -2.39. The first-order valence-electron chi connectivity index (χ1n) is 12.7. The van der Waals surface area contributed by atoms with Crippen LogP contribution in [0.3, 0.4) is 0 Å². The quantitative estimate of drug-likeness (QED) is 0.519. The Morgan fingerprint density at radius 3 is 2.38 bits per heavy atom. The molecule has 2 aliphatic heterocycles. The molecule has 192 valence electrons. The van der Waals surface area contributed by atoms with Gasteiger partial charge in [0.1, 0.15) is 11.5 Å². The number of anilines is 2. The summed E-state index contributed by atoms with van der Waals surface area (Å²) in [4.78, 5) is 41.2. The monoisotopic (exact) mass is 516 g/mol. The molecule has 9 heteroatoms. The van der Waals surface area contributed by atoms with Gasteiger partial charge in [-0.2, -0.15) is 0 Å². The van der Waals surface area contributed by atoms with Gasteiger partial charge in [0.05, 0.1) is 5.01 Å².